The van der Waals surface area contributed by atoms with E-state index in [1.165, 1.54) is 4.90 Å². The number of amides is 3. The van der Waals surface area contributed by atoms with E-state index in [1.807, 2.05) is 45.0 Å². The molecule has 0 aliphatic carbocycles. The van der Waals surface area contributed by atoms with Crippen LogP contribution >= 0.6 is 0 Å². The van der Waals surface area contributed by atoms with E-state index < -0.39 is 5.54 Å². The molecule has 2 aromatic heterocycles. The first-order chi connectivity index (χ1) is 14.2. The van der Waals surface area contributed by atoms with Crippen LogP contribution in [0.1, 0.15) is 42.0 Å². The molecule has 1 fully saturated rings. The third-order valence-electron chi connectivity index (χ3n) is 5.63. The van der Waals surface area contributed by atoms with E-state index in [1.54, 1.807) is 35.8 Å². The standard InChI is InChI=1S/C22H25N5O3/c1-14-7-6-8-17(9-14)11-26-21(29)27(20(28)22(26,4)5)18-10-23-25(12-18)13-19-15(2)24-30-16(19)3/h6-10,12H,11,13H2,1-5H3. The first kappa shape index (κ1) is 19.9. The van der Waals surface area contributed by atoms with Crippen molar-refractivity contribution in [3.63, 3.8) is 0 Å². The molecule has 1 aliphatic heterocycles. The number of hydrogen-bond acceptors (Lipinski definition) is 5. The number of carbonyl (C=O) groups excluding carboxylic acids is 2. The molecule has 0 bridgehead atoms. The molecule has 4 rings (SSSR count). The van der Waals surface area contributed by atoms with Crippen molar-refractivity contribution in [2.75, 3.05) is 4.90 Å². The van der Waals surface area contributed by atoms with Crippen molar-refractivity contribution in [3.8, 4) is 0 Å². The van der Waals surface area contributed by atoms with Crippen molar-refractivity contribution in [1.29, 1.82) is 0 Å². The summed E-state index contributed by atoms with van der Waals surface area (Å²) in [4.78, 5) is 29.2. The maximum Gasteiger partial charge on any atom is 0.332 e. The molecule has 3 heterocycles. The molecule has 1 saturated heterocycles. The van der Waals surface area contributed by atoms with Crippen LogP contribution in [0, 0.1) is 20.8 Å². The Labute approximate surface area is 175 Å². The summed E-state index contributed by atoms with van der Waals surface area (Å²) in [5.74, 6) is 0.459. The van der Waals surface area contributed by atoms with Crippen LogP contribution < -0.4 is 4.90 Å². The van der Waals surface area contributed by atoms with Gasteiger partial charge >= 0.3 is 6.03 Å². The fraction of sp³-hybridized carbons (Fsp3) is 0.364. The zero-order valence-electron chi connectivity index (χ0n) is 17.8. The summed E-state index contributed by atoms with van der Waals surface area (Å²) in [5.41, 5.74) is 3.33. The monoisotopic (exact) mass is 407 g/mol. The van der Waals surface area contributed by atoms with E-state index in [2.05, 4.69) is 10.3 Å². The number of carbonyl (C=O) groups is 2. The van der Waals surface area contributed by atoms with Gasteiger partial charge in [0.05, 0.1) is 24.1 Å². The fourth-order valence-corrected chi connectivity index (χ4v) is 3.77. The van der Waals surface area contributed by atoms with Crippen molar-refractivity contribution in [3.05, 3.63) is 64.8 Å². The second-order valence-electron chi connectivity index (χ2n) is 8.26. The summed E-state index contributed by atoms with van der Waals surface area (Å²) in [6, 6.07) is 7.61. The highest BCUT2D eigenvalue weighted by Crippen LogP contribution is 2.33. The molecule has 3 aromatic rings. The van der Waals surface area contributed by atoms with Crippen molar-refractivity contribution >= 4 is 17.6 Å². The van der Waals surface area contributed by atoms with E-state index in [9.17, 15) is 9.59 Å². The van der Waals surface area contributed by atoms with Crippen LogP contribution in [-0.4, -0.2) is 37.3 Å². The summed E-state index contributed by atoms with van der Waals surface area (Å²) in [6.45, 7) is 10.1. The Balaban J connectivity index is 1.60. The van der Waals surface area contributed by atoms with Gasteiger partial charge in [-0.15, -0.1) is 0 Å². The minimum absolute atomic E-state index is 0.267. The van der Waals surface area contributed by atoms with Gasteiger partial charge in [-0.25, -0.2) is 9.69 Å². The zero-order chi connectivity index (χ0) is 21.6. The fourth-order valence-electron chi connectivity index (χ4n) is 3.77. The molecule has 0 unspecified atom stereocenters. The minimum Gasteiger partial charge on any atom is -0.361 e. The second-order valence-corrected chi connectivity index (χ2v) is 8.26. The lowest BCUT2D eigenvalue weighted by Gasteiger charge is -2.27. The number of urea groups is 1. The molecule has 0 spiro atoms. The van der Waals surface area contributed by atoms with Gasteiger partial charge in [0.1, 0.15) is 11.3 Å². The molecule has 30 heavy (non-hydrogen) atoms. The molecule has 0 radical (unpaired) electrons. The van der Waals surface area contributed by atoms with Crippen LogP contribution in [-0.2, 0) is 17.9 Å². The first-order valence-electron chi connectivity index (χ1n) is 9.84. The predicted octanol–water partition coefficient (Wildman–Crippen LogP) is 3.59. The Morgan fingerprint density at radius 3 is 2.53 bits per heavy atom. The van der Waals surface area contributed by atoms with E-state index in [0.717, 1.165) is 28.1 Å². The van der Waals surface area contributed by atoms with Crippen LogP contribution in [0.3, 0.4) is 0 Å². The van der Waals surface area contributed by atoms with E-state index >= 15 is 0 Å². The van der Waals surface area contributed by atoms with Crippen molar-refractivity contribution in [2.24, 2.45) is 0 Å². The number of benzene rings is 1. The maximum atomic E-state index is 13.2. The number of hydrogen-bond donors (Lipinski definition) is 0. The number of imide groups is 1. The van der Waals surface area contributed by atoms with Gasteiger partial charge in [-0.2, -0.15) is 5.10 Å². The normalized spacial score (nSPS) is 16.0. The molecule has 156 valence electrons. The molecule has 1 aromatic carbocycles. The Bertz CT molecular complexity index is 1110. The van der Waals surface area contributed by atoms with Crippen LogP contribution in [0.5, 0.6) is 0 Å². The number of aryl methyl sites for hydroxylation is 3. The van der Waals surface area contributed by atoms with Crippen LogP contribution in [0.15, 0.2) is 41.2 Å². The summed E-state index contributed by atoms with van der Waals surface area (Å²) in [5, 5.41) is 8.29. The molecular formula is C22H25N5O3. The average molecular weight is 407 g/mol. The predicted molar refractivity (Wildman–Crippen MR) is 111 cm³/mol. The van der Waals surface area contributed by atoms with Crippen molar-refractivity contribution in [2.45, 2.75) is 53.2 Å². The molecule has 0 saturated carbocycles. The third-order valence-corrected chi connectivity index (χ3v) is 5.63. The first-order valence-corrected chi connectivity index (χ1v) is 9.84. The van der Waals surface area contributed by atoms with Gasteiger partial charge in [0.2, 0.25) is 0 Å². The van der Waals surface area contributed by atoms with Crippen LogP contribution in [0.4, 0.5) is 10.5 Å². The Morgan fingerprint density at radius 1 is 1.10 bits per heavy atom. The van der Waals surface area contributed by atoms with E-state index in [4.69, 9.17) is 4.52 Å². The minimum atomic E-state index is -0.954. The lowest BCUT2D eigenvalue weighted by molar-refractivity contribution is -0.123. The van der Waals surface area contributed by atoms with E-state index in [0.29, 0.717) is 18.8 Å². The summed E-state index contributed by atoms with van der Waals surface area (Å²) in [7, 11) is 0. The van der Waals surface area contributed by atoms with Crippen molar-refractivity contribution in [1.82, 2.24) is 19.8 Å². The van der Waals surface area contributed by atoms with Gasteiger partial charge in [0.25, 0.3) is 5.91 Å². The quantitative estimate of drug-likeness (QED) is 0.604. The van der Waals surface area contributed by atoms with Crippen LogP contribution in [0.25, 0.3) is 0 Å². The van der Waals surface area contributed by atoms with Gasteiger partial charge in [-0.3, -0.25) is 9.48 Å². The summed E-state index contributed by atoms with van der Waals surface area (Å²) < 4.78 is 6.88. The van der Waals surface area contributed by atoms with Crippen LogP contribution in [0.2, 0.25) is 0 Å². The second kappa shape index (κ2) is 7.12. The average Bonchev–Trinajstić information content (AvgIpc) is 3.31. The third kappa shape index (κ3) is 3.28. The topological polar surface area (TPSA) is 84.5 Å². The zero-order valence-corrected chi connectivity index (χ0v) is 17.8. The van der Waals surface area contributed by atoms with Crippen molar-refractivity contribution < 1.29 is 14.1 Å². The summed E-state index contributed by atoms with van der Waals surface area (Å²) >= 11 is 0. The van der Waals surface area contributed by atoms with Gasteiger partial charge in [0.15, 0.2) is 0 Å². The smallest absolute Gasteiger partial charge is 0.332 e. The molecule has 0 N–H and O–H groups in total. The lowest BCUT2D eigenvalue weighted by atomic mass is 10.0. The van der Waals surface area contributed by atoms with E-state index in [-0.39, 0.29) is 11.9 Å². The number of rotatable bonds is 5. The highest BCUT2D eigenvalue weighted by atomic mass is 16.5. The molecule has 1 aliphatic rings. The maximum absolute atomic E-state index is 13.2. The number of anilines is 1. The van der Waals surface area contributed by atoms with Gasteiger partial charge in [-0.1, -0.05) is 35.0 Å². The van der Waals surface area contributed by atoms with Gasteiger partial charge in [-0.05, 0) is 40.2 Å². The van der Waals surface area contributed by atoms with Gasteiger partial charge < -0.3 is 9.42 Å². The number of nitrogens with zero attached hydrogens (tertiary/aromatic N) is 5. The molecule has 8 heteroatoms. The molecule has 3 amide bonds. The van der Waals surface area contributed by atoms with Gasteiger partial charge in [0, 0.05) is 18.3 Å². The molecule has 8 nitrogen and oxygen atoms in total. The SMILES string of the molecule is Cc1cccc(CN2C(=O)N(c3cnn(Cc4c(C)noc4C)c3)C(=O)C2(C)C)c1. The molecule has 0 atom stereocenters. The highest BCUT2D eigenvalue weighted by Gasteiger charge is 2.52. The Kier molecular flexibility index (Phi) is 4.72. The Morgan fingerprint density at radius 2 is 1.87 bits per heavy atom. The molecular weight excluding hydrogens is 382 g/mol. The summed E-state index contributed by atoms with van der Waals surface area (Å²) in [6.07, 6.45) is 3.24. The highest BCUT2D eigenvalue weighted by molar-refractivity contribution is 6.22. The number of aromatic nitrogens is 3. The Hall–Kier alpha value is -3.42. The lowest BCUT2D eigenvalue weighted by Crippen LogP contribution is -2.43. The largest absolute Gasteiger partial charge is 0.361 e.